The van der Waals surface area contributed by atoms with Crippen molar-refractivity contribution in [1.29, 1.82) is 0 Å². The molecule has 2 heterocycles. The van der Waals surface area contributed by atoms with Gasteiger partial charge in [-0.05, 0) is 25.7 Å². The van der Waals surface area contributed by atoms with Crippen molar-refractivity contribution >= 4 is 11.8 Å². The number of nitrogens with zero attached hydrogens (tertiary/aromatic N) is 1. The van der Waals surface area contributed by atoms with E-state index in [1.165, 1.54) is 0 Å². The summed E-state index contributed by atoms with van der Waals surface area (Å²) in [6.07, 6.45) is 4.08. The quantitative estimate of drug-likeness (QED) is 0.802. The number of rotatable bonds is 4. The number of hydrogen-bond acceptors (Lipinski definition) is 3. The van der Waals surface area contributed by atoms with Gasteiger partial charge in [0, 0.05) is 19.6 Å². The van der Waals surface area contributed by atoms with Crippen LogP contribution in [0.4, 0.5) is 0 Å². The standard InChI is InChI=1S/C13H22N2O3/c1-2-11(15-7-3-6-12(15)16)13(17)14-10-5-4-8-18-9-10/h10-11H,2-9H2,1H3,(H,14,17). The van der Waals surface area contributed by atoms with Crippen molar-refractivity contribution in [3.63, 3.8) is 0 Å². The van der Waals surface area contributed by atoms with Crippen molar-refractivity contribution in [1.82, 2.24) is 10.2 Å². The van der Waals surface area contributed by atoms with Crippen LogP contribution in [0.3, 0.4) is 0 Å². The van der Waals surface area contributed by atoms with Crippen molar-refractivity contribution in [3.8, 4) is 0 Å². The Morgan fingerprint density at radius 2 is 2.39 bits per heavy atom. The van der Waals surface area contributed by atoms with Crippen LogP contribution in [-0.4, -0.2) is 48.6 Å². The van der Waals surface area contributed by atoms with E-state index in [2.05, 4.69) is 5.32 Å². The van der Waals surface area contributed by atoms with Crippen LogP contribution in [0.1, 0.15) is 39.0 Å². The zero-order valence-corrected chi connectivity index (χ0v) is 11.0. The van der Waals surface area contributed by atoms with Gasteiger partial charge in [0.1, 0.15) is 6.04 Å². The summed E-state index contributed by atoms with van der Waals surface area (Å²) in [5.74, 6) is 0.0835. The molecule has 0 radical (unpaired) electrons. The van der Waals surface area contributed by atoms with Crippen LogP contribution in [0.5, 0.6) is 0 Å². The van der Waals surface area contributed by atoms with Gasteiger partial charge in [0.15, 0.2) is 0 Å². The van der Waals surface area contributed by atoms with Crippen molar-refractivity contribution in [2.75, 3.05) is 19.8 Å². The predicted octanol–water partition coefficient (Wildman–Crippen LogP) is 0.683. The van der Waals surface area contributed by atoms with Crippen LogP contribution in [0.2, 0.25) is 0 Å². The van der Waals surface area contributed by atoms with Gasteiger partial charge in [-0.25, -0.2) is 0 Å². The van der Waals surface area contributed by atoms with Crippen LogP contribution in [-0.2, 0) is 14.3 Å². The number of carbonyl (C=O) groups is 2. The minimum atomic E-state index is -0.304. The molecule has 2 fully saturated rings. The Bertz CT molecular complexity index is 313. The Balaban J connectivity index is 1.90. The van der Waals surface area contributed by atoms with Crippen molar-refractivity contribution < 1.29 is 14.3 Å². The number of nitrogens with one attached hydrogen (secondary N) is 1. The average molecular weight is 254 g/mol. The Morgan fingerprint density at radius 1 is 1.56 bits per heavy atom. The van der Waals surface area contributed by atoms with Gasteiger partial charge in [-0.2, -0.15) is 0 Å². The highest BCUT2D eigenvalue weighted by atomic mass is 16.5. The van der Waals surface area contributed by atoms with E-state index in [-0.39, 0.29) is 23.9 Å². The summed E-state index contributed by atoms with van der Waals surface area (Å²) in [7, 11) is 0. The van der Waals surface area contributed by atoms with Crippen LogP contribution in [0.15, 0.2) is 0 Å². The van der Waals surface area contributed by atoms with Gasteiger partial charge in [0.2, 0.25) is 11.8 Å². The number of carbonyl (C=O) groups excluding carboxylic acids is 2. The second-order valence-electron chi connectivity index (χ2n) is 5.04. The van der Waals surface area contributed by atoms with E-state index >= 15 is 0 Å². The Morgan fingerprint density at radius 3 is 2.94 bits per heavy atom. The SMILES string of the molecule is CCC(C(=O)NC1CCCOC1)N1CCCC1=O. The third-order valence-electron chi connectivity index (χ3n) is 3.68. The molecule has 2 aliphatic rings. The maximum Gasteiger partial charge on any atom is 0.243 e. The Hall–Kier alpha value is -1.10. The van der Waals surface area contributed by atoms with Gasteiger partial charge < -0.3 is 15.0 Å². The highest BCUT2D eigenvalue weighted by molar-refractivity contribution is 5.88. The molecule has 2 saturated heterocycles. The number of likely N-dealkylation sites (tertiary alicyclic amines) is 1. The fourth-order valence-corrected chi connectivity index (χ4v) is 2.70. The van der Waals surface area contributed by atoms with E-state index < -0.39 is 0 Å². The largest absolute Gasteiger partial charge is 0.379 e. The molecule has 5 heteroatoms. The fraction of sp³-hybridized carbons (Fsp3) is 0.846. The minimum absolute atomic E-state index is 0.0248. The molecule has 0 aromatic rings. The molecule has 2 rings (SSSR count). The molecular formula is C13H22N2O3. The molecule has 0 aromatic heterocycles. The number of hydrogen-bond donors (Lipinski definition) is 1. The van der Waals surface area contributed by atoms with Crippen molar-refractivity contribution in [2.45, 2.75) is 51.1 Å². The van der Waals surface area contributed by atoms with Crippen molar-refractivity contribution in [3.05, 3.63) is 0 Å². The summed E-state index contributed by atoms with van der Waals surface area (Å²) in [5.41, 5.74) is 0. The molecule has 2 unspecified atom stereocenters. The molecule has 0 saturated carbocycles. The maximum atomic E-state index is 12.2. The fourth-order valence-electron chi connectivity index (χ4n) is 2.70. The second kappa shape index (κ2) is 6.18. The normalized spacial score (nSPS) is 26.2. The first-order valence-corrected chi connectivity index (χ1v) is 6.90. The average Bonchev–Trinajstić information content (AvgIpc) is 2.78. The van der Waals surface area contributed by atoms with E-state index in [0.29, 0.717) is 26.0 Å². The predicted molar refractivity (Wildman–Crippen MR) is 67.0 cm³/mol. The highest BCUT2D eigenvalue weighted by Crippen LogP contribution is 2.16. The van der Waals surface area contributed by atoms with Gasteiger partial charge in [-0.3, -0.25) is 9.59 Å². The smallest absolute Gasteiger partial charge is 0.243 e. The van der Waals surface area contributed by atoms with E-state index in [0.717, 1.165) is 25.9 Å². The Labute approximate surface area is 108 Å². The molecule has 18 heavy (non-hydrogen) atoms. The summed E-state index contributed by atoms with van der Waals surface area (Å²) in [6, 6.07) is -0.195. The highest BCUT2D eigenvalue weighted by Gasteiger charge is 2.32. The lowest BCUT2D eigenvalue weighted by Crippen LogP contribution is -2.51. The molecule has 102 valence electrons. The van der Waals surface area contributed by atoms with Crippen LogP contribution in [0.25, 0.3) is 0 Å². The first-order valence-electron chi connectivity index (χ1n) is 6.90. The molecule has 0 bridgehead atoms. The molecule has 1 N–H and O–H groups in total. The first kappa shape index (κ1) is 13.3. The third kappa shape index (κ3) is 3.02. The van der Waals surface area contributed by atoms with E-state index in [1.54, 1.807) is 4.90 Å². The number of amides is 2. The molecule has 0 aromatic carbocycles. The Kier molecular flexibility index (Phi) is 4.58. The van der Waals surface area contributed by atoms with Gasteiger partial charge in [-0.15, -0.1) is 0 Å². The van der Waals surface area contributed by atoms with Crippen LogP contribution >= 0.6 is 0 Å². The topological polar surface area (TPSA) is 58.6 Å². The van der Waals surface area contributed by atoms with E-state index in [1.807, 2.05) is 6.92 Å². The lowest BCUT2D eigenvalue weighted by molar-refractivity contribution is -0.138. The molecule has 0 spiro atoms. The molecule has 0 aliphatic carbocycles. The van der Waals surface area contributed by atoms with Crippen LogP contribution in [0, 0.1) is 0 Å². The zero-order valence-electron chi connectivity index (χ0n) is 11.0. The molecule has 2 amide bonds. The molecule has 2 aliphatic heterocycles. The van der Waals surface area contributed by atoms with E-state index in [9.17, 15) is 9.59 Å². The van der Waals surface area contributed by atoms with Gasteiger partial charge >= 0.3 is 0 Å². The monoisotopic (exact) mass is 254 g/mol. The van der Waals surface area contributed by atoms with Crippen molar-refractivity contribution in [2.24, 2.45) is 0 Å². The minimum Gasteiger partial charge on any atom is -0.379 e. The zero-order chi connectivity index (χ0) is 13.0. The number of ether oxygens (including phenoxy) is 1. The third-order valence-corrected chi connectivity index (χ3v) is 3.68. The molecular weight excluding hydrogens is 232 g/mol. The van der Waals surface area contributed by atoms with Crippen LogP contribution < -0.4 is 5.32 Å². The molecule has 5 nitrogen and oxygen atoms in total. The maximum absolute atomic E-state index is 12.2. The summed E-state index contributed by atoms with van der Waals surface area (Å²) in [5, 5.41) is 3.01. The summed E-state index contributed by atoms with van der Waals surface area (Å²) < 4.78 is 5.35. The van der Waals surface area contributed by atoms with Gasteiger partial charge in [0.05, 0.1) is 12.6 Å². The lowest BCUT2D eigenvalue weighted by atomic mass is 10.1. The lowest BCUT2D eigenvalue weighted by Gasteiger charge is -2.29. The van der Waals surface area contributed by atoms with Gasteiger partial charge in [0.25, 0.3) is 0 Å². The second-order valence-corrected chi connectivity index (χ2v) is 5.04. The van der Waals surface area contributed by atoms with Gasteiger partial charge in [-0.1, -0.05) is 6.92 Å². The summed E-state index contributed by atoms with van der Waals surface area (Å²) in [4.78, 5) is 25.6. The van der Waals surface area contributed by atoms with E-state index in [4.69, 9.17) is 4.74 Å². The molecule has 2 atom stereocenters. The first-order chi connectivity index (χ1) is 8.72. The summed E-state index contributed by atoms with van der Waals surface area (Å²) >= 11 is 0. The summed E-state index contributed by atoms with van der Waals surface area (Å²) in [6.45, 7) is 4.05.